The van der Waals surface area contributed by atoms with Crippen molar-refractivity contribution in [3.05, 3.63) is 0 Å². The predicted molar refractivity (Wildman–Crippen MR) is 55.0 cm³/mol. The van der Waals surface area contributed by atoms with Crippen LogP contribution in [0.25, 0.3) is 0 Å². The molecule has 0 bridgehead atoms. The van der Waals surface area contributed by atoms with E-state index < -0.39 is 6.04 Å². The van der Waals surface area contributed by atoms with Crippen LogP contribution < -0.4 is 5.73 Å². The van der Waals surface area contributed by atoms with Crippen molar-refractivity contribution in [1.82, 2.24) is 4.90 Å². The highest BCUT2D eigenvalue weighted by atomic mass is 16.5. The summed E-state index contributed by atoms with van der Waals surface area (Å²) in [6.07, 6.45) is 1.83. The number of nitrogens with two attached hydrogens (primary N) is 1. The molecule has 1 rings (SSSR count). The zero-order chi connectivity index (χ0) is 11.4. The summed E-state index contributed by atoms with van der Waals surface area (Å²) in [7, 11) is 1.34. The zero-order valence-corrected chi connectivity index (χ0v) is 9.23. The maximum Gasteiger partial charge on any atom is 0.328 e. The van der Waals surface area contributed by atoms with Gasteiger partial charge in [-0.2, -0.15) is 0 Å². The van der Waals surface area contributed by atoms with Crippen molar-refractivity contribution in [2.24, 2.45) is 5.73 Å². The number of ether oxygens (including phenoxy) is 1. The Labute approximate surface area is 89.6 Å². The van der Waals surface area contributed by atoms with Crippen LogP contribution in [-0.4, -0.2) is 42.5 Å². The summed E-state index contributed by atoms with van der Waals surface area (Å²) >= 11 is 0. The van der Waals surface area contributed by atoms with Crippen LogP contribution in [0.3, 0.4) is 0 Å². The highest BCUT2D eigenvalue weighted by Gasteiger charge is 2.34. The van der Waals surface area contributed by atoms with Gasteiger partial charge in [0.25, 0.3) is 0 Å². The van der Waals surface area contributed by atoms with Crippen LogP contribution in [0.1, 0.15) is 26.2 Å². The van der Waals surface area contributed by atoms with Crippen molar-refractivity contribution in [2.75, 3.05) is 13.7 Å². The number of esters is 1. The highest BCUT2D eigenvalue weighted by molar-refractivity contribution is 5.85. The van der Waals surface area contributed by atoms with E-state index >= 15 is 0 Å². The highest BCUT2D eigenvalue weighted by Crippen LogP contribution is 2.19. The molecule has 0 radical (unpaired) electrons. The molecule has 0 spiro atoms. The summed E-state index contributed by atoms with van der Waals surface area (Å²) in [5.41, 5.74) is 5.55. The van der Waals surface area contributed by atoms with Crippen LogP contribution in [-0.2, 0) is 14.3 Å². The summed E-state index contributed by atoms with van der Waals surface area (Å²) in [5.74, 6) is -0.386. The van der Waals surface area contributed by atoms with Crippen molar-refractivity contribution < 1.29 is 14.3 Å². The molecular weight excluding hydrogens is 196 g/mol. The molecule has 0 aromatic rings. The molecule has 1 aliphatic rings. The van der Waals surface area contributed by atoms with E-state index in [2.05, 4.69) is 4.74 Å². The van der Waals surface area contributed by atoms with Crippen molar-refractivity contribution in [3.8, 4) is 0 Å². The maximum atomic E-state index is 11.7. The lowest BCUT2D eigenvalue weighted by molar-refractivity contribution is -0.151. The van der Waals surface area contributed by atoms with Gasteiger partial charge in [0, 0.05) is 19.0 Å². The molecule has 1 aliphatic heterocycles. The first-order chi connectivity index (χ1) is 7.06. The Morgan fingerprint density at radius 3 is 2.80 bits per heavy atom. The molecule has 15 heavy (non-hydrogen) atoms. The fourth-order valence-electron chi connectivity index (χ4n) is 1.84. The van der Waals surface area contributed by atoms with Gasteiger partial charge >= 0.3 is 5.97 Å². The number of carbonyl (C=O) groups is 2. The van der Waals surface area contributed by atoms with Gasteiger partial charge in [-0.25, -0.2) is 4.79 Å². The zero-order valence-electron chi connectivity index (χ0n) is 9.23. The van der Waals surface area contributed by atoms with Gasteiger partial charge in [0.1, 0.15) is 6.04 Å². The van der Waals surface area contributed by atoms with Gasteiger partial charge in [-0.15, -0.1) is 0 Å². The topological polar surface area (TPSA) is 72.6 Å². The van der Waals surface area contributed by atoms with Crippen LogP contribution in [0.15, 0.2) is 0 Å². The molecule has 2 N–H and O–H groups in total. The minimum atomic E-state index is -0.402. The average Bonchev–Trinajstić information content (AvgIpc) is 2.63. The Balaban J connectivity index is 2.60. The second-order valence-corrected chi connectivity index (χ2v) is 3.95. The molecule has 0 aliphatic carbocycles. The number of methoxy groups -OCH3 is 1. The molecule has 5 nitrogen and oxygen atoms in total. The van der Waals surface area contributed by atoms with Crippen LogP contribution in [0.4, 0.5) is 0 Å². The molecule has 0 aromatic heterocycles. The van der Waals surface area contributed by atoms with E-state index in [1.807, 2.05) is 0 Å². The van der Waals surface area contributed by atoms with Crippen LogP contribution in [0.2, 0.25) is 0 Å². The lowest BCUT2D eigenvalue weighted by Crippen LogP contribution is -2.42. The third kappa shape index (κ3) is 2.92. The first-order valence-corrected chi connectivity index (χ1v) is 5.19. The molecule has 0 aromatic carbocycles. The van der Waals surface area contributed by atoms with Crippen LogP contribution in [0.5, 0.6) is 0 Å². The van der Waals surface area contributed by atoms with Crippen molar-refractivity contribution in [1.29, 1.82) is 0 Å². The summed E-state index contributed by atoms with van der Waals surface area (Å²) in [4.78, 5) is 24.7. The van der Waals surface area contributed by atoms with Gasteiger partial charge in [0.05, 0.1) is 7.11 Å². The molecule has 86 valence electrons. The monoisotopic (exact) mass is 214 g/mol. The summed E-state index contributed by atoms with van der Waals surface area (Å²) in [6, 6.07) is -0.572. The number of nitrogens with zero attached hydrogens (tertiary/aromatic N) is 1. The second-order valence-electron chi connectivity index (χ2n) is 3.95. The Hall–Kier alpha value is -1.10. The Morgan fingerprint density at radius 2 is 2.27 bits per heavy atom. The van der Waals surface area contributed by atoms with Gasteiger partial charge in [-0.3, -0.25) is 4.79 Å². The van der Waals surface area contributed by atoms with Gasteiger partial charge in [0.2, 0.25) is 5.91 Å². The third-order valence-electron chi connectivity index (χ3n) is 2.54. The van der Waals surface area contributed by atoms with E-state index in [1.54, 1.807) is 11.8 Å². The van der Waals surface area contributed by atoms with Crippen molar-refractivity contribution in [2.45, 2.75) is 38.3 Å². The molecule has 2 atom stereocenters. The van der Waals surface area contributed by atoms with Gasteiger partial charge < -0.3 is 15.4 Å². The van der Waals surface area contributed by atoms with Crippen molar-refractivity contribution >= 4 is 11.9 Å². The lowest BCUT2D eigenvalue weighted by atomic mass is 10.2. The standard InChI is InChI=1S/C10H18N2O3/c1-7(11)6-9(13)12-5-3-4-8(12)10(14)15-2/h7-8H,3-6,11H2,1-2H3. The molecule has 1 saturated heterocycles. The maximum absolute atomic E-state index is 11.7. The molecule has 1 amide bonds. The Kier molecular flexibility index (Phi) is 4.08. The van der Waals surface area contributed by atoms with Gasteiger partial charge in [-0.1, -0.05) is 0 Å². The third-order valence-corrected chi connectivity index (χ3v) is 2.54. The second kappa shape index (κ2) is 5.11. The fourth-order valence-corrected chi connectivity index (χ4v) is 1.84. The average molecular weight is 214 g/mol. The van der Waals surface area contributed by atoms with Crippen LogP contribution >= 0.6 is 0 Å². The normalized spacial score (nSPS) is 22.6. The van der Waals surface area contributed by atoms with E-state index in [1.165, 1.54) is 7.11 Å². The van der Waals surface area contributed by atoms with E-state index in [0.29, 0.717) is 13.0 Å². The minimum absolute atomic E-state index is 0.0575. The summed E-state index contributed by atoms with van der Waals surface area (Å²) < 4.78 is 4.66. The summed E-state index contributed by atoms with van der Waals surface area (Å²) in [6.45, 7) is 2.41. The number of rotatable bonds is 3. The molecule has 2 unspecified atom stereocenters. The van der Waals surface area contributed by atoms with Crippen molar-refractivity contribution in [3.63, 3.8) is 0 Å². The van der Waals surface area contributed by atoms with E-state index in [0.717, 1.165) is 6.42 Å². The van der Waals surface area contributed by atoms with Gasteiger partial charge in [-0.05, 0) is 19.8 Å². The lowest BCUT2D eigenvalue weighted by Gasteiger charge is -2.23. The minimum Gasteiger partial charge on any atom is -0.467 e. The first kappa shape index (κ1) is 12.0. The van der Waals surface area contributed by atoms with E-state index in [9.17, 15) is 9.59 Å². The SMILES string of the molecule is COC(=O)C1CCCN1C(=O)CC(C)N. The number of likely N-dealkylation sites (tertiary alicyclic amines) is 1. The number of hydrogen-bond acceptors (Lipinski definition) is 4. The largest absolute Gasteiger partial charge is 0.467 e. The number of amides is 1. The molecule has 1 heterocycles. The molecular formula is C10H18N2O3. The van der Waals surface area contributed by atoms with Crippen LogP contribution in [0, 0.1) is 0 Å². The fraction of sp³-hybridized carbons (Fsp3) is 0.800. The smallest absolute Gasteiger partial charge is 0.328 e. The molecule has 1 fully saturated rings. The van der Waals surface area contributed by atoms with Gasteiger partial charge in [0.15, 0.2) is 0 Å². The quantitative estimate of drug-likeness (QED) is 0.665. The Bertz CT molecular complexity index is 253. The number of carbonyl (C=O) groups excluding carboxylic acids is 2. The summed E-state index contributed by atoms with van der Waals surface area (Å²) in [5, 5.41) is 0. The first-order valence-electron chi connectivity index (χ1n) is 5.19. The predicted octanol–water partition coefficient (Wildman–Crippen LogP) is -0.112. The molecule has 0 saturated carbocycles. The number of hydrogen-bond donors (Lipinski definition) is 1. The van der Waals surface area contributed by atoms with E-state index in [4.69, 9.17) is 5.73 Å². The Morgan fingerprint density at radius 1 is 1.60 bits per heavy atom. The molecule has 5 heteroatoms. The van der Waals surface area contributed by atoms with E-state index in [-0.39, 0.29) is 24.3 Å².